The molecule has 0 spiro atoms. The van der Waals surface area contributed by atoms with Crippen LogP contribution >= 0.6 is 0 Å². The molecule has 78 valence electrons. The summed E-state index contributed by atoms with van der Waals surface area (Å²) >= 11 is 0. The molecular weight excluding hydrogens is 156 g/mol. The van der Waals surface area contributed by atoms with Gasteiger partial charge in [0.15, 0.2) is 0 Å². The van der Waals surface area contributed by atoms with Crippen molar-refractivity contribution in [2.75, 3.05) is 0 Å². The maximum Gasteiger partial charge on any atom is -0.0303 e. The molecule has 13 heavy (non-hydrogen) atoms. The van der Waals surface area contributed by atoms with Crippen LogP contribution in [0.1, 0.15) is 53.9 Å². The van der Waals surface area contributed by atoms with Crippen LogP contribution in [0.25, 0.3) is 0 Å². The highest BCUT2D eigenvalue weighted by Gasteiger charge is 2.30. The lowest BCUT2D eigenvalue weighted by Gasteiger charge is -2.37. The average molecular weight is 182 g/mol. The van der Waals surface area contributed by atoms with E-state index in [1.54, 1.807) is 0 Å². The van der Waals surface area contributed by atoms with Crippen LogP contribution in [-0.2, 0) is 0 Å². The molecule has 0 amide bonds. The third kappa shape index (κ3) is 3.17. The number of hydrogen-bond donors (Lipinski definition) is 0. The molecule has 2 atom stereocenters. The van der Waals surface area contributed by atoms with E-state index in [2.05, 4.69) is 41.2 Å². The van der Waals surface area contributed by atoms with Crippen LogP contribution in [0.3, 0.4) is 0 Å². The van der Waals surface area contributed by atoms with Gasteiger partial charge in [-0.3, -0.25) is 0 Å². The summed E-state index contributed by atoms with van der Waals surface area (Å²) in [5.74, 6) is 1.56. The van der Waals surface area contributed by atoms with Crippen molar-refractivity contribution in [3.8, 4) is 0 Å². The Morgan fingerprint density at radius 2 is 1.69 bits per heavy atom. The molecule has 0 bridgehead atoms. The average Bonchev–Trinajstić information content (AvgIpc) is 2.16. The first-order chi connectivity index (χ1) is 6.01. The molecule has 0 aromatic rings. The fourth-order valence-electron chi connectivity index (χ4n) is 2.05. The Morgan fingerprint density at radius 1 is 1.23 bits per heavy atom. The predicted octanol–water partition coefficient (Wildman–Crippen LogP) is 4.66. The van der Waals surface area contributed by atoms with Crippen molar-refractivity contribution in [3.05, 3.63) is 12.7 Å². The Bertz CT molecular complexity index is 142. The van der Waals surface area contributed by atoms with E-state index in [4.69, 9.17) is 0 Å². The van der Waals surface area contributed by atoms with E-state index in [1.165, 1.54) is 12.8 Å². The third-order valence-electron chi connectivity index (χ3n) is 4.11. The van der Waals surface area contributed by atoms with Gasteiger partial charge in [0, 0.05) is 0 Å². The first-order valence-corrected chi connectivity index (χ1v) is 5.62. The maximum absolute atomic E-state index is 3.82. The van der Waals surface area contributed by atoms with Crippen molar-refractivity contribution >= 4 is 0 Å². The number of hydrogen-bond acceptors (Lipinski definition) is 0. The molecule has 0 aromatic heterocycles. The molecule has 0 aliphatic rings. The summed E-state index contributed by atoms with van der Waals surface area (Å²) in [5, 5.41) is 0. The summed E-state index contributed by atoms with van der Waals surface area (Å²) in [5.41, 5.74) is 0.516. The quantitative estimate of drug-likeness (QED) is 0.524. The molecule has 0 saturated heterocycles. The lowest BCUT2D eigenvalue weighted by atomic mass is 9.68. The van der Waals surface area contributed by atoms with Gasteiger partial charge in [0.25, 0.3) is 0 Å². The Balaban J connectivity index is 4.35. The molecular formula is C13H26. The highest BCUT2D eigenvalue weighted by Crippen LogP contribution is 2.39. The zero-order chi connectivity index (χ0) is 10.5. The normalized spacial score (nSPS) is 16.7. The minimum atomic E-state index is 0.516. The van der Waals surface area contributed by atoms with Gasteiger partial charge in [-0.15, -0.1) is 6.58 Å². The summed E-state index contributed by atoms with van der Waals surface area (Å²) in [7, 11) is 0. The number of allylic oxidation sites excluding steroid dienone is 1. The van der Waals surface area contributed by atoms with Gasteiger partial charge >= 0.3 is 0 Å². The molecule has 0 nitrogen and oxygen atoms in total. The van der Waals surface area contributed by atoms with Crippen molar-refractivity contribution in [2.24, 2.45) is 17.3 Å². The fourth-order valence-corrected chi connectivity index (χ4v) is 2.05. The molecule has 2 unspecified atom stereocenters. The first-order valence-electron chi connectivity index (χ1n) is 5.62. The van der Waals surface area contributed by atoms with Crippen LogP contribution < -0.4 is 0 Å². The van der Waals surface area contributed by atoms with E-state index in [0.29, 0.717) is 5.41 Å². The summed E-state index contributed by atoms with van der Waals surface area (Å²) in [6.45, 7) is 15.6. The molecule has 0 aliphatic carbocycles. The van der Waals surface area contributed by atoms with E-state index in [0.717, 1.165) is 18.3 Å². The Hall–Kier alpha value is -0.260. The van der Waals surface area contributed by atoms with E-state index in [-0.39, 0.29) is 0 Å². The third-order valence-corrected chi connectivity index (χ3v) is 4.11. The number of rotatable bonds is 6. The summed E-state index contributed by atoms with van der Waals surface area (Å²) in [6.07, 6.45) is 5.77. The molecule has 0 saturated carbocycles. The van der Waals surface area contributed by atoms with Gasteiger partial charge in [0.05, 0.1) is 0 Å². The molecule has 0 rings (SSSR count). The van der Waals surface area contributed by atoms with Crippen molar-refractivity contribution in [1.82, 2.24) is 0 Å². The van der Waals surface area contributed by atoms with Crippen LogP contribution in [0.5, 0.6) is 0 Å². The van der Waals surface area contributed by atoms with E-state index >= 15 is 0 Å². The predicted molar refractivity (Wildman–Crippen MR) is 61.8 cm³/mol. The van der Waals surface area contributed by atoms with Crippen molar-refractivity contribution in [1.29, 1.82) is 0 Å². The highest BCUT2D eigenvalue weighted by atomic mass is 14.3. The lowest BCUT2D eigenvalue weighted by Crippen LogP contribution is -2.28. The Kier molecular flexibility index (Phi) is 5.36. The second-order valence-corrected chi connectivity index (χ2v) is 4.65. The van der Waals surface area contributed by atoms with Gasteiger partial charge in [-0.05, 0) is 23.7 Å². The summed E-state index contributed by atoms with van der Waals surface area (Å²) < 4.78 is 0. The topological polar surface area (TPSA) is 0 Å². The van der Waals surface area contributed by atoms with Gasteiger partial charge in [-0.25, -0.2) is 0 Å². The molecule has 0 radical (unpaired) electrons. The smallest absolute Gasteiger partial charge is 0.0303 e. The largest absolute Gasteiger partial charge is 0.103 e. The van der Waals surface area contributed by atoms with Gasteiger partial charge in [-0.2, -0.15) is 0 Å². The van der Waals surface area contributed by atoms with Crippen LogP contribution in [0.2, 0.25) is 0 Å². The summed E-state index contributed by atoms with van der Waals surface area (Å²) in [4.78, 5) is 0. The van der Waals surface area contributed by atoms with Gasteiger partial charge < -0.3 is 0 Å². The highest BCUT2D eigenvalue weighted by molar-refractivity contribution is 4.83. The van der Waals surface area contributed by atoms with Gasteiger partial charge in [0.1, 0.15) is 0 Å². The zero-order valence-electron chi connectivity index (χ0n) is 10.1. The molecule has 0 aliphatic heterocycles. The molecule has 0 N–H and O–H groups in total. The van der Waals surface area contributed by atoms with Crippen LogP contribution in [0.4, 0.5) is 0 Å². The van der Waals surface area contributed by atoms with E-state index < -0.39 is 0 Å². The van der Waals surface area contributed by atoms with Crippen molar-refractivity contribution in [2.45, 2.75) is 53.9 Å². The monoisotopic (exact) mass is 182 g/mol. The second-order valence-electron chi connectivity index (χ2n) is 4.65. The molecule has 0 heteroatoms. The van der Waals surface area contributed by atoms with E-state index in [1.807, 2.05) is 6.08 Å². The van der Waals surface area contributed by atoms with Crippen LogP contribution in [0, 0.1) is 17.3 Å². The Labute approximate surface area is 84.4 Å². The second kappa shape index (κ2) is 5.47. The molecule has 0 aromatic carbocycles. The van der Waals surface area contributed by atoms with Gasteiger partial charge in [0.2, 0.25) is 0 Å². The minimum absolute atomic E-state index is 0.516. The standard InChI is InChI=1S/C13H26/c1-7-10-11(4)12(5)13(6,8-2)9-3/h7,11-12H,1,8-10H2,2-6H3. The molecule has 0 heterocycles. The SMILES string of the molecule is C=CCC(C)C(C)C(C)(CC)CC. The van der Waals surface area contributed by atoms with Gasteiger partial charge in [-0.1, -0.05) is 53.5 Å². The van der Waals surface area contributed by atoms with E-state index in [9.17, 15) is 0 Å². The van der Waals surface area contributed by atoms with Crippen LogP contribution in [-0.4, -0.2) is 0 Å². The van der Waals surface area contributed by atoms with Crippen LogP contribution in [0.15, 0.2) is 12.7 Å². The van der Waals surface area contributed by atoms with Crippen molar-refractivity contribution in [3.63, 3.8) is 0 Å². The first kappa shape index (κ1) is 12.7. The molecule has 0 fully saturated rings. The Morgan fingerprint density at radius 3 is 2.00 bits per heavy atom. The summed E-state index contributed by atoms with van der Waals surface area (Å²) in [6, 6.07) is 0. The minimum Gasteiger partial charge on any atom is -0.103 e. The van der Waals surface area contributed by atoms with Crippen molar-refractivity contribution < 1.29 is 0 Å². The maximum atomic E-state index is 3.82. The lowest BCUT2D eigenvalue weighted by molar-refractivity contribution is 0.131. The zero-order valence-corrected chi connectivity index (χ0v) is 10.1. The fraction of sp³-hybridized carbons (Fsp3) is 0.846.